The van der Waals surface area contributed by atoms with Crippen LogP contribution in [0.2, 0.25) is 0 Å². The van der Waals surface area contributed by atoms with E-state index >= 15 is 0 Å². The lowest BCUT2D eigenvalue weighted by molar-refractivity contribution is -0.123. The number of carbonyl (C=O) groups excluding carboxylic acids is 2. The van der Waals surface area contributed by atoms with Crippen molar-refractivity contribution in [3.05, 3.63) is 52.3 Å². The topological polar surface area (TPSA) is 67.2 Å². The van der Waals surface area contributed by atoms with Gasteiger partial charge in [-0.15, -0.1) is 11.3 Å². The summed E-state index contributed by atoms with van der Waals surface area (Å²) in [5, 5.41) is 8.72. The van der Waals surface area contributed by atoms with Crippen LogP contribution in [0.5, 0.6) is 0 Å². The van der Waals surface area contributed by atoms with E-state index in [4.69, 9.17) is 0 Å². The largest absolute Gasteiger partial charge is 0.353 e. The number of benzene rings is 1. The summed E-state index contributed by atoms with van der Waals surface area (Å²) in [4.78, 5) is 28.6. The summed E-state index contributed by atoms with van der Waals surface area (Å²) in [6.45, 7) is 3.79. The van der Waals surface area contributed by atoms with Gasteiger partial charge in [-0.1, -0.05) is 12.1 Å². The van der Waals surface area contributed by atoms with Crippen LogP contribution in [0.1, 0.15) is 46.6 Å². The maximum atomic E-state index is 13.2. The number of nitrogens with zero attached hydrogens (tertiary/aromatic N) is 3. The first-order chi connectivity index (χ1) is 15.0. The summed E-state index contributed by atoms with van der Waals surface area (Å²) in [5.41, 5.74) is 1.84. The molecule has 1 aliphatic carbocycles. The van der Waals surface area contributed by atoms with E-state index in [9.17, 15) is 14.0 Å². The molecule has 5 rings (SSSR count). The van der Waals surface area contributed by atoms with Crippen LogP contribution >= 0.6 is 11.3 Å². The normalized spacial score (nSPS) is 17.3. The van der Waals surface area contributed by atoms with Gasteiger partial charge in [-0.05, 0) is 56.4 Å². The Morgan fingerprint density at radius 3 is 2.55 bits per heavy atom. The second-order valence-corrected chi connectivity index (χ2v) is 9.58. The van der Waals surface area contributed by atoms with Crippen molar-refractivity contribution in [1.29, 1.82) is 0 Å². The van der Waals surface area contributed by atoms with Crippen LogP contribution in [0.4, 0.5) is 4.39 Å². The number of likely N-dealkylation sites (tertiary alicyclic amines) is 1. The van der Waals surface area contributed by atoms with Gasteiger partial charge in [0.25, 0.3) is 5.91 Å². The number of nitrogens with one attached hydrogen (secondary N) is 1. The molecule has 1 saturated carbocycles. The van der Waals surface area contributed by atoms with E-state index in [1.807, 2.05) is 22.6 Å². The Morgan fingerprint density at radius 1 is 1.16 bits per heavy atom. The third-order valence-corrected chi connectivity index (χ3v) is 7.28. The highest BCUT2D eigenvalue weighted by atomic mass is 32.1. The minimum atomic E-state index is -0.259. The molecular weight excluding hydrogens is 415 g/mol. The van der Waals surface area contributed by atoms with E-state index in [0.717, 1.165) is 47.2 Å². The summed E-state index contributed by atoms with van der Waals surface area (Å²) < 4.78 is 15.1. The number of hydrogen-bond acceptors (Lipinski definition) is 4. The average molecular weight is 441 g/mol. The second-order valence-electron chi connectivity index (χ2n) is 8.55. The molecule has 0 unspecified atom stereocenters. The van der Waals surface area contributed by atoms with Crippen molar-refractivity contribution in [3.8, 4) is 0 Å². The third-order valence-electron chi connectivity index (χ3n) is 6.14. The summed E-state index contributed by atoms with van der Waals surface area (Å²) in [7, 11) is 0. The lowest BCUT2D eigenvalue weighted by atomic mass is 10.0. The van der Waals surface area contributed by atoms with E-state index < -0.39 is 0 Å². The van der Waals surface area contributed by atoms with Crippen molar-refractivity contribution in [3.63, 3.8) is 0 Å². The Bertz CT molecular complexity index is 1120. The molecule has 0 radical (unpaired) electrons. The van der Waals surface area contributed by atoms with Crippen LogP contribution in [-0.2, 0) is 11.3 Å². The molecule has 0 bridgehead atoms. The number of amides is 2. The molecule has 1 N–H and O–H groups in total. The molecule has 31 heavy (non-hydrogen) atoms. The molecule has 0 spiro atoms. The van der Waals surface area contributed by atoms with Gasteiger partial charge in [-0.25, -0.2) is 4.39 Å². The highest BCUT2D eigenvalue weighted by Crippen LogP contribution is 2.31. The molecule has 2 aromatic heterocycles. The van der Waals surface area contributed by atoms with E-state index in [0.29, 0.717) is 24.5 Å². The number of aromatic nitrogens is 2. The van der Waals surface area contributed by atoms with Gasteiger partial charge in [0.05, 0.1) is 17.1 Å². The van der Waals surface area contributed by atoms with Crippen molar-refractivity contribution < 1.29 is 14.0 Å². The van der Waals surface area contributed by atoms with Gasteiger partial charge in [0.2, 0.25) is 5.91 Å². The second kappa shape index (κ2) is 8.07. The summed E-state index contributed by atoms with van der Waals surface area (Å²) >= 11 is 1.46. The van der Waals surface area contributed by atoms with Crippen LogP contribution in [-0.4, -0.2) is 45.6 Å². The Morgan fingerprint density at radius 2 is 1.87 bits per heavy atom. The quantitative estimate of drug-likeness (QED) is 0.658. The van der Waals surface area contributed by atoms with Crippen molar-refractivity contribution in [2.45, 2.75) is 45.2 Å². The molecular formula is C23H25FN4O2S. The van der Waals surface area contributed by atoms with Crippen LogP contribution < -0.4 is 5.32 Å². The summed E-state index contributed by atoms with van der Waals surface area (Å²) in [5.74, 6) is 0.178. The van der Waals surface area contributed by atoms with E-state index in [1.165, 1.54) is 23.5 Å². The smallest absolute Gasteiger partial charge is 0.264 e. The Labute approximate surface area is 184 Å². The van der Waals surface area contributed by atoms with Crippen molar-refractivity contribution in [1.82, 2.24) is 20.0 Å². The maximum Gasteiger partial charge on any atom is 0.264 e. The Balaban J connectivity index is 1.27. The predicted octanol–water partition coefficient (Wildman–Crippen LogP) is 3.72. The van der Waals surface area contributed by atoms with E-state index in [2.05, 4.69) is 10.4 Å². The number of rotatable bonds is 5. The van der Waals surface area contributed by atoms with E-state index in [1.54, 1.807) is 12.1 Å². The maximum absolute atomic E-state index is 13.2. The van der Waals surface area contributed by atoms with Gasteiger partial charge in [-0.3, -0.25) is 14.3 Å². The fourth-order valence-electron chi connectivity index (χ4n) is 4.14. The van der Waals surface area contributed by atoms with Gasteiger partial charge in [0.15, 0.2) is 0 Å². The number of aryl methyl sites for hydroxylation is 1. The SMILES string of the molecule is Cc1nn(Cc2ccc(F)cc2)c2sc(C(=O)N3CCC(NC(=O)C4CC4)CC3)cc12. The monoisotopic (exact) mass is 440 g/mol. The van der Waals surface area contributed by atoms with Crippen molar-refractivity contribution >= 4 is 33.4 Å². The van der Waals surface area contributed by atoms with Gasteiger partial charge in [0, 0.05) is 30.4 Å². The number of piperidine rings is 1. The first-order valence-electron chi connectivity index (χ1n) is 10.8. The molecule has 8 heteroatoms. The van der Waals surface area contributed by atoms with Crippen LogP contribution in [0.25, 0.3) is 10.2 Å². The zero-order chi connectivity index (χ0) is 21.5. The molecule has 1 aromatic carbocycles. The van der Waals surface area contributed by atoms with E-state index in [-0.39, 0.29) is 29.6 Å². The fraction of sp³-hybridized carbons (Fsp3) is 0.435. The van der Waals surface area contributed by atoms with Crippen LogP contribution in [0.3, 0.4) is 0 Å². The first-order valence-corrected chi connectivity index (χ1v) is 11.6. The molecule has 2 aliphatic rings. The zero-order valence-corrected chi connectivity index (χ0v) is 18.3. The minimum absolute atomic E-state index is 0.0425. The number of fused-ring (bicyclic) bond motifs is 1. The van der Waals surface area contributed by atoms with Crippen LogP contribution in [0, 0.1) is 18.7 Å². The number of thiophene rings is 1. The lowest BCUT2D eigenvalue weighted by Gasteiger charge is -2.32. The lowest BCUT2D eigenvalue weighted by Crippen LogP contribution is -2.46. The molecule has 0 atom stereocenters. The predicted molar refractivity (Wildman–Crippen MR) is 118 cm³/mol. The molecule has 1 aliphatic heterocycles. The molecule has 6 nitrogen and oxygen atoms in total. The van der Waals surface area contributed by atoms with Crippen LogP contribution in [0.15, 0.2) is 30.3 Å². The third kappa shape index (κ3) is 4.21. The summed E-state index contributed by atoms with van der Waals surface area (Å²) in [6, 6.07) is 8.51. The first kappa shape index (κ1) is 20.2. The fourth-order valence-corrected chi connectivity index (χ4v) is 5.26. The van der Waals surface area contributed by atoms with Gasteiger partial charge >= 0.3 is 0 Å². The average Bonchev–Trinajstić information content (AvgIpc) is 3.46. The van der Waals surface area contributed by atoms with Gasteiger partial charge in [-0.2, -0.15) is 5.10 Å². The van der Waals surface area contributed by atoms with Gasteiger partial charge in [0.1, 0.15) is 10.6 Å². The number of carbonyl (C=O) groups is 2. The highest BCUT2D eigenvalue weighted by Gasteiger charge is 2.32. The highest BCUT2D eigenvalue weighted by molar-refractivity contribution is 7.20. The standard InChI is InChI=1S/C23H25FN4O2S/c1-14-19-12-20(31-23(19)28(26-14)13-15-2-6-17(24)7-3-15)22(30)27-10-8-18(9-11-27)25-21(29)16-4-5-16/h2-3,6-7,12,16,18H,4-5,8-11,13H2,1H3,(H,25,29). The zero-order valence-electron chi connectivity index (χ0n) is 17.4. The molecule has 1 saturated heterocycles. The van der Waals surface area contributed by atoms with Crippen molar-refractivity contribution in [2.24, 2.45) is 5.92 Å². The Kier molecular flexibility index (Phi) is 5.25. The molecule has 3 heterocycles. The number of halogens is 1. The minimum Gasteiger partial charge on any atom is -0.353 e. The summed E-state index contributed by atoms with van der Waals surface area (Å²) in [6.07, 6.45) is 3.61. The molecule has 2 fully saturated rings. The van der Waals surface area contributed by atoms with Crippen molar-refractivity contribution in [2.75, 3.05) is 13.1 Å². The molecule has 3 aromatic rings. The Hall–Kier alpha value is -2.74. The number of hydrogen-bond donors (Lipinski definition) is 1. The molecule has 2 amide bonds. The van der Waals surface area contributed by atoms with Gasteiger partial charge < -0.3 is 10.2 Å². The molecule has 162 valence electrons.